The number of ether oxygens (including phenoxy) is 1. The molecule has 1 aromatic carbocycles. The van der Waals surface area contributed by atoms with Crippen LogP contribution >= 0.6 is 22.1 Å². The smallest absolute Gasteiger partial charge is 0.293 e. The van der Waals surface area contributed by atoms with Gasteiger partial charge in [0.05, 0.1) is 22.4 Å². The number of carbonyl (C=O) groups excluding carboxylic acids is 1. The van der Waals surface area contributed by atoms with Crippen LogP contribution in [-0.4, -0.2) is 38.9 Å². The zero-order valence-electron chi connectivity index (χ0n) is 19.2. The Morgan fingerprint density at radius 1 is 1.34 bits per heavy atom. The normalized spacial score (nSPS) is 18.7. The first kappa shape index (κ1) is 23.3. The van der Waals surface area contributed by atoms with Crippen molar-refractivity contribution in [2.45, 2.75) is 32.8 Å². The average Bonchev–Trinajstić information content (AvgIpc) is 3.42. The van der Waals surface area contributed by atoms with E-state index < -0.39 is 10.8 Å². The molecule has 1 fully saturated rings. The fourth-order valence-electron chi connectivity index (χ4n) is 3.74. The van der Waals surface area contributed by atoms with Crippen molar-refractivity contribution in [1.29, 1.82) is 0 Å². The maximum Gasteiger partial charge on any atom is 0.293 e. The highest BCUT2D eigenvalue weighted by atomic mass is 32.2. The van der Waals surface area contributed by atoms with Crippen molar-refractivity contribution in [2.24, 2.45) is 10.4 Å². The zero-order chi connectivity index (χ0) is 24.6. The molecule has 0 saturated heterocycles. The van der Waals surface area contributed by atoms with E-state index in [2.05, 4.69) is 32.3 Å². The minimum absolute atomic E-state index is 0.149. The van der Waals surface area contributed by atoms with Gasteiger partial charge in [-0.2, -0.15) is 4.98 Å². The second kappa shape index (κ2) is 9.30. The number of aromatic nitrogens is 2. The Hall–Kier alpha value is -3.46. The monoisotopic (exact) mass is 510 g/mol. The number of benzene rings is 1. The minimum atomic E-state index is -0.713. The van der Waals surface area contributed by atoms with Crippen molar-refractivity contribution >= 4 is 49.4 Å². The third-order valence-electron chi connectivity index (χ3n) is 5.87. The Kier molecular flexibility index (Phi) is 6.19. The molecule has 9 nitrogen and oxygen atoms in total. The fourth-order valence-corrected chi connectivity index (χ4v) is 6.52. The zero-order valence-corrected chi connectivity index (χ0v) is 20.8. The summed E-state index contributed by atoms with van der Waals surface area (Å²) in [4.78, 5) is 19.1. The number of aliphatic imine (C=N–C) groups is 1. The molecule has 2 aromatic heterocycles. The molecule has 2 atom stereocenters. The van der Waals surface area contributed by atoms with Gasteiger partial charge in [0.15, 0.2) is 10.0 Å². The van der Waals surface area contributed by atoms with E-state index in [-0.39, 0.29) is 11.5 Å². The molecule has 2 unspecified atom stereocenters. The van der Waals surface area contributed by atoms with Crippen molar-refractivity contribution in [2.75, 3.05) is 12.4 Å². The predicted molar refractivity (Wildman–Crippen MR) is 136 cm³/mol. The Bertz CT molecular complexity index is 1420. The van der Waals surface area contributed by atoms with Crippen molar-refractivity contribution in [3.63, 3.8) is 0 Å². The second-order valence-electron chi connectivity index (χ2n) is 8.09. The Labute approximate surface area is 208 Å². The van der Waals surface area contributed by atoms with Crippen LogP contribution in [0.5, 0.6) is 5.88 Å². The van der Waals surface area contributed by atoms with E-state index in [4.69, 9.17) is 13.4 Å². The van der Waals surface area contributed by atoms with Crippen LogP contribution in [0.4, 0.5) is 10.7 Å². The van der Waals surface area contributed by atoms with Crippen LogP contribution in [0.15, 0.2) is 40.0 Å². The Morgan fingerprint density at radius 2 is 2.14 bits per heavy atom. The number of hydrogen-bond donors (Lipinski definition) is 2. The van der Waals surface area contributed by atoms with E-state index in [0.717, 1.165) is 39.7 Å². The molecular weight excluding hydrogens is 488 g/mol. The lowest BCUT2D eigenvalue weighted by atomic mass is 10.1. The number of nitrogens with one attached hydrogen (secondary N) is 1. The van der Waals surface area contributed by atoms with Gasteiger partial charge in [0.2, 0.25) is 5.76 Å². The standard InChI is InChI=1S/C14H10N4O3S2.C10H12O2/c1-15-7-6-16-20-8(7)2-3-9-17-10-11(22-9)18-12-14(4-5-14)13(19)23(12)21-10;1-8-5-3-4-6-10(8)9(2)12-7-11/h6,15,19H,4-5H2,1H3;3-7,9H,1-2H3. The number of aryl methyl sites for hydroxylation is 1. The van der Waals surface area contributed by atoms with Gasteiger partial charge in [-0.25, -0.2) is 4.99 Å². The number of anilines is 1. The first-order valence-corrected chi connectivity index (χ1v) is 12.8. The van der Waals surface area contributed by atoms with Gasteiger partial charge in [-0.05, 0) is 49.7 Å². The van der Waals surface area contributed by atoms with Gasteiger partial charge in [0.1, 0.15) is 21.9 Å². The maximum absolute atomic E-state index is 10.1. The Balaban J connectivity index is 0.000000180. The van der Waals surface area contributed by atoms with Crippen LogP contribution in [0.3, 0.4) is 0 Å². The summed E-state index contributed by atoms with van der Waals surface area (Å²) in [6.45, 7) is 4.34. The highest BCUT2D eigenvalue weighted by Crippen LogP contribution is 2.64. The first-order chi connectivity index (χ1) is 17.0. The van der Waals surface area contributed by atoms with Crippen LogP contribution in [0, 0.1) is 24.2 Å². The van der Waals surface area contributed by atoms with E-state index in [9.17, 15) is 9.90 Å². The number of aliphatic hydroxyl groups excluding tert-OH is 1. The Morgan fingerprint density at radius 3 is 2.86 bits per heavy atom. The van der Waals surface area contributed by atoms with Crippen LogP contribution in [-0.2, 0) is 9.53 Å². The average molecular weight is 511 g/mol. The molecule has 1 aliphatic carbocycles. The molecule has 3 aromatic rings. The SMILES string of the molecule is CNc1cnoc1C#Cc1nc2c(s1)N=C1S(=C(O)C13CC3)O2.Cc1ccccc1C(C)OC=O. The van der Waals surface area contributed by atoms with Gasteiger partial charge < -0.3 is 23.9 Å². The molecule has 6 rings (SSSR count). The van der Waals surface area contributed by atoms with E-state index >= 15 is 0 Å². The van der Waals surface area contributed by atoms with Crippen molar-refractivity contribution in [3.8, 4) is 17.7 Å². The number of hydrogen-bond acceptors (Lipinski definition) is 9. The van der Waals surface area contributed by atoms with E-state index in [1.165, 1.54) is 11.3 Å². The summed E-state index contributed by atoms with van der Waals surface area (Å²) in [5, 5.41) is 19.4. The van der Waals surface area contributed by atoms with Crippen LogP contribution < -0.4 is 9.50 Å². The van der Waals surface area contributed by atoms with Gasteiger partial charge in [0.25, 0.3) is 12.4 Å². The molecular formula is C24H22N4O5S2. The second-order valence-corrected chi connectivity index (χ2v) is 10.5. The lowest BCUT2D eigenvalue weighted by Crippen LogP contribution is -2.38. The third-order valence-corrected chi connectivity index (χ3v) is 8.62. The lowest BCUT2D eigenvalue weighted by molar-refractivity contribution is -0.133. The molecule has 4 heterocycles. The van der Waals surface area contributed by atoms with Crippen LogP contribution in [0.2, 0.25) is 0 Å². The highest BCUT2D eigenvalue weighted by Gasteiger charge is 2.62. The molecule has 2 N–H and O–H groups in total. The van der Waals surface area contributed by atoms with Crippen LogP contribution in [0.1, 0.15) is 47.8 Å². The molecule has 180 valence electrons. The molecule has 0 amide bonds. The van der Waals surface area contributed by atoms with Gasteiger partial charge in [0, 0.05) is 7.05 Å². The number of carbonyl (C=O) groups is 1. The summed E-state index contributed by atoms with van der Waals surface area (Å²) in [6, 6.07) is 7.86. The summed E-state index contributed by atoms with van der Waals surface area (Å²) < 4.78 is 15.7. The maximum atomic E-state index is 10.1. The number of aliphatic hydroxyl groups is 1. The molecule has 1 saturated carbocycles. The molecule has 3 aliphatic rings. The van der Waals surface area contributed by atoms with Crippen LogP contribution in [0.25, 0.3) is 0 Å². The van der Waals surface area contributed by atoms with Gasteiger partial charge in [-0.3, -0.25) is 4.79 Å². The quantitative estimate of drug-likeness (QED) is 0.289. The predicted octanol–water partition coefficient (Wildman–Crippen LogP) is 4.89. The van der Waals surface area contributed by atoms with E-state index in [1.807, 2.05) is 38.1 Å². The summed E-state index contributed by atoms with van der Waals surface area (Å²) in [7, 11) is 1.06. The van der Waals surface area contributed by atoms with Crippen molar-refractivity contribution in [3.05, 3.63) is 52.4 Å². The number of nitrogens with zero attached hydrogens (tertiary/aromatic N) is 3. The largest absolute Gasteiger partial charge is 0.460 e. The minimum Gasteiger partial charge on any atom is -0.460 e. The summed E-state index contributed by atoms with van der Waals surface area (Å²) in [5.74, 6) is 6.74. The summed E-state index contributed by atoms with van der Waals surface area (Å²) in [5.41, 5.74) is 2.75. The molecule has 0 bridgehead atoms. The topological polar surface area (TPSA) is 119 Å². The summed E-state index contributed by atoms with van der Waals surface area (Å²) in [6.07, 6.45) is 3.34. The van der Waals surface area contributed by atoms with Gasteiger partial charge in [-0.1, -0.05) is 40.8 Å². The lowest BCUT2D eigenvalue weighted by Gasteiger charge is -2.33. The number of rotatable bonds is 4. The molecule has 1 spiro atoms. The van der Waals surface area contributed by atoms with Crippen molar-refractivity contribution < 1.29 is 23.3 Å². The van der Waals surface area contributed by atoms with E-state index in [0.29, 0.717) is 28.2 Å². The first-order valence-electron chi connectivity index (χ1n) is 10.8. The van der Waals surface area contributed by atoms with E-state index in [1.54, 1.807) is 13.2 Å². The van der Waals surface area contributed by atoms with Crippen molar-refractivity contribution in [1.82, 2.24) is 10.1 Å². The molecule has 35 heavy (non-hydrogen) atoms. The summed E-state index contributed by atoms with van der Waals surface area (Å²) >= 11 is 1.37. The molecule has 11 heteroatoms. The fraction of sp³-hybridized carbons (Fsp3) is 0.292. The third kappa shape index (κ3) is 4.25. The highest BCUT2D eigenvalue weighted by molar-refractivity contribution is 8.27. The van der Waals surface area contributed by atoms with Gasteiger partial charge in [-0.15, -0.1) is 0 Å². The number of thiazole rings is 1. The molecule has 0 radical (unpaired) electrons. The molecule has 2 aliphatic heterocycles. The van der Waals surface area contributed by atoms with Gasteiger partial charge >= 0.3 is 0 Å². The number of fused-ring (bicyclic) bond motifs is 3.